The van der Waals surface area contributed by atoms with Crippen LogP contribution >= 0.6 is 0 Å². The highest BCUT2D eigenvalue weighted by molar-refractivity contribution is 5.94. The summed E-state index contributed by atoms with van der Waals surface area (Å²) in [6, 6.07) is 7.50. The Labute approximate surface area is 114 Å². The van der Waals surface area contributed by atoms with Crippen LogP contribution < -0.4 is 5.32 Å². The molecular formula is C15H22N2O2. The summed E-state index contributed by atoms with van der Waals surface area (Å²) >= 11 is 0. The number of benzene rings is 1. The summed E-state index contributed by atoms with van der Waals surface area (Å²) in [5, 5.41) is 3.04. The van der Waals surface area contributed by atoms with Crippen molar-refractivity contribution < 1.29 is 9.53 Å². The lowest BCUT2D eigenvalue weighted by Crippen LogP contribution is -2.30. The standard InChI is InChI=1S/C15H22N2O2/c1-16-14-7-5-13(6-8-14)15(18)17(2)9-10-19-11-12-3-4-12/h5-8,12,16H,3-4,9-11H2,1-2H3. The number of amides is 1. The molecule has 19 heavy (non-hydrogen) atoms. The molecule has 1 amide bonds. The van der Waals surface area contributed by atoms with Crippen LogP contribution in [0.3, 0.4) is 0 Å². The van der Waals surface area contributed by atoms with Gasteiger partial charge in [0, 0.05) is 38.5 Å². The first-order chi connectivity index (χ1) is 9.20. The second kappa shape index (κ2) is 6.57. The van der Waals surface area contributed by atoms with Crippen LogP contribution in [0.1, 0.15) is 23.2 Å². The van der Waals surface area contributed by atoms with Gasteiger partial charge in [0.25, 0.3) is 5.91 Å². The molecule has 1 aliphatic carbocycles. The Morgan fingerprint density at radius 1 is 1.37 bits per heavy atom. The number of hydrogen-bond acceptors (Lipinski definition) is 3. The largest absolute Gasteiger partial charge is 0.388 e. The van der Waals surface area contributed by atoms with Crippen LogP contribution in [0.4, 0.5) is 5.69 Å². The minimum absolute atomic E-state index is 0.0395. The van der Waals surface area contributed by atoms with Gasteiger partial charge >= 0.3 is 0 Å². The zero-order valence-electron chi connectivity index (χ0n) is 11.7. The number of ether oxygens (including phenoxy) is 1. The summed E-state index contributed by atoms with van der Waals surface area (Å²) in [4.78, 5) is 13.8. The van der Waals surface area contributed by atoms with Crippen LogP contribution in [0.2, 0.25) is 0 Å². The Balaban J connectivity index is 1.76. The van der Waals surface area contributed by atoms with E-state index >= 15 is 0 Å². The molecule has 1 fully saturated rings. The zero-order chi connectivity index (χ0) is 13.7. The molecular weight excluding hydrogens is 240 g/mol. The van der Waals surface area contributed by atoms with Crippen molar-refractivity contribution in [2.45, 2.75) is 12.8 Å². The number of carbonyl (C=O) groups excluding carboxylic acids is 1. The van der Waals surface area contributed by atoms with Crippen molar-refractivity contribution in [1.82, 2.24) is 4.90 Å². The average Bonchev–Trinajstić information content (AvgIpc) is 3.27. The molecule has 1 aliphatic rings. The third-order valence-corrected chi connectivity index (χ3v) is 3.39. The molecule has 104 valence electrons. The lowest BCUT2D eigenvalue weighted by molar-refractivity contribution is 0.0681. The summed E-state index contributed by atoms with van der Waals surface area (Å²) in [6.07, 6.45) is 2.60. The number of carbonyl (C=O) groups is 1. The Hall–Kier alpha value is -1.55. The number of nitrogens with one attached hydrogen (secondary N) is 1. The average molecular weight is 262 g/mol. The fourth-order valence-electron chi connectivity index (χ4n) is 1.84. The van der Waals surface area contributed by atoms with Gasteiger partial charge in [-0.2, -0.15) is 0 Å². The van der Waals surface area contributed by atoms with Gasteiger partial charge in [0.2, 0.25) is 0 Å². The molecule has 4 heteroatoms. The van der Waals surface area contributed by atoms with E-state index in [1.54, 1.807) is 4.90 Å². The molecule has 0 unspecified atom stereocenters. The zero-order valence-corrected chi connectivity index (χ0v) is 11.7. The first-order valence-corrected chi connectivity index (χ1v) is 6.81. The Bertz CT molecular complexity index is 413. The number of rotatable bonds is 7. The fraction of sp³-hybridized carbons (Fsp3) is 0.533. The van der Waals surface area contributed by atoms with Crippen molar-refractivity contribution in [2.24, 2.45) is 5.92 Å². The highest BCUT2D eigenvalue weighted by Crippen LogP contribution is 2.28. The third kappa shape index (κ3) is 4.24. The highest BCUT2D eigenvalue weighted by Gasteiger charge is 2.21. The summed E-state index contributed by atoms with van der Waals surface area (Å²) in [6.45, 7) is 2.10. The number of hydrogen-bond donors (Lipinski definition) is 1. The second-order valence-corrected chi connectivity index (χ2v) is 5.07. The van der Waals surface area contributed by atoms with E-state index in [0.717, 1.165) is 18.2 Å². The van der Waals surface area contributed by atoms with Crippen LogP contribution in [0.25, 0.3) is 0 Å². The van der Waals surface area contributed by atoms with Gasteiger partial charge in [-0.25, -0.2) is 0 Å². The minimum atomic E-state index is 0.0395. The van der Waals surface area contributed by atoms with Gasteiger partial charge in [-0.3, -0.25) is 4.79 Å². The molecule has 1 aromatic rings. The van der Waals surface area contributed by atoms with Gasteiger partial charge in [0.05, 0.1) is 6.61 Å². The lowest BCUT2D eigenvalue weighted by atomic mass is 10.2. The molecule has 4 nitrogen and oxygen atoms in total. The van der Waals surface area contributed by atoms with Crippen molar-refractivity contribution >= 4 is 11.6 Å². The number of likely N-dealkylation sites (N-methyl/N-ethyl adjacent to an activating group) is 1. The van der Waals surface area contributed by atoms with E-state index in [9.17, 15) is 4.79 Å². The molecule has 0 aromatic heterocycles. The molecule has 0 heterocycles. The highest BCUT2D eigenvalue weighted by atomic mass is 16.5. The van der Waals surface area contributed by atoms with Crippen LogP contribution in [-0.4, -0.2) is 44.7 Å². The SMILES string of the molecule is CNc1ccc(C(=O)N(C)CCOCC2CC2)cc1. The first kappa shape index (κ1) is 13.9. The van der Waals surface area contributed by atoms with Gasteiger partial charge in [0.1, 0.15) is 0 Å². The molecule has 0 atom stereocenters. The third-order valence-electron chi connectivity index (χ3n) is 3.39. The number of nitrogens with zero attached hydrogens (tertiary/aromatic N) is 1. The van der Waals surface area contributed by atoms with E-state index in [-0.39, 0.29) is 5.91 Å². The Kier molecular flexibility index (Phi) is 4.80. The van der Waals surface area contributed by atoms with Crippen LogP contribution in [-0.2, 0) is 4.74 Å². The van der Waals surface area contributed by atoms with Gasteiger partial charge < -0.3 is 15.0 Å². The van der Waals surface area contributed by atoms with E-state index in [1.807, 2.05) is 38.4 Å². The monoisotopic (exact) mass is 262 g/mol. The molecule has 1 aromatic carbocycles. The van der Waals surface area contributed by atoms with Gasteiger partial charge in [-0.1, -0.05) is 0 Å². The molecule has 0 saturated heterocycles. The normalized spacial score (nSPS) is 14.2. The van der Waals surface area contributed by atoms with Crippen LogP contribution in [0.15, 0.2) is 24.3 Å². The van der Waals surface area contributed by atoms with E-state index < -0.39 is 0 Å². The number of anilines is 1. The summed E-state index contributed by atoms with van der Waals surface area (Å²) in [5.74, 6) is 0.813. The molecule has 0 bridgehead atoms. The van der Waals surface area contributed by atoms with Gasteiger partial charge in [-0.05, 0) is 43.0 Å². The van der Waals surface area contributed by atoms with Crippen molar-refractivity contribution in [3.63, 3.8) is 0 Å². The topological polar surface area (TPSA) is 41.6 Å². The first-order valence-electron chi connectivity index (χ1n) is 6.81. The van der Waals surface area contributed by atoms with E-state index in [4.69, 9.17) is 4.74 Å². The Morgan fingerprint density at radius 3 is 2.63 bits per heavy atom. The summed E-state index contributed by atoms with van der Waals surface area (Å²) in [5.41, 5.74) is 1.72. The predicted octanol–water partition coefficient (Wildman–Crippen LogP) is 2.23. The minimum Gasteiger partial charge on any atom is -0.388 e. The van der Waals surface area contributed by atoms with Crippen molar-refractivity contribution in [2.75, 3.05) is 39.2 Å². The summed E-state index contributed by atoms with van der Waals surface area (Å²) < 4.78 is 5.55. The van der Waals surface area contributed by atoms with Crippen molar-refractivity contribution in [3.05, 3.63) is 29.8 Å². The molecule has 0 aliphatic heterocycles. The second-order valence-electron chi connectivity index (χ2n) is 5.07. The Morgan fingerprint density at radius 2 is 2.05 bits per heavy atom. The maximum absolute atomic E-state index is 12.1. The van der Waals surface area contributed by atoms with E-state index in [1.165, 1.54) is 12.8 Å². The van der Waals surface area contributed by atoms with Crippen molar-refractivity contribution in [3.8, 4) is 0 Å². The smallest absolute Gasteiger partial charge is 0.253 e. The molecule has 0 radical (unpaired) electrons. The summed E-state index contributed by atoms with van der Waals surface area (Å²) in [7, 11) is 3.68. The van der Waals surface area contributed by atoms with Crippen molar-refractivity contribution in [1.29, 1.82) is 0 Å². The predicted molar refractivity (Wildman–Crippen MR) is 76.5 cm³/mol. The molecule has 1 N–H and O–H groups in total. The maximum atomic E-state index is 12.1. The molecule has 0 spiro atoms. The lowest BCUT2D eigenvalue weighted by Gasteiger charge is -2.17. The van der Waals surface area contributed by atoms with Gasteiger partial charge in [0.15, 0.2) is 0 Å². The van der Waals surface area contributed by atoms with Crippen LogP contribution in [0.5, 0.6) is 0 Å². The molecule has 2 rings (SSSR count). The van der Waals surface area contributed by atoms with Gasteiger partial charge in [-0.15, -0.1) is 0 Å². The molecule has 1 saturated carbocycles. The van der Waals surface area contributed by atoms with E-state index in [0.29, 0.717) is 18.7 Å². The van der Waals surface area contributed by atoms with Crippen LogP contribution in [0, 0.1) is 5.92 Å². The maximum Gasteiger partial charge on any atom is 0.253 e. The van der Waals surface area contributed by atoms with E-state index in [2.05, 4.69) is 5.32 Å². The fourth-order valence-corrected chi connectivity index (χ4v) is 1.84. The quantitative estimate of drug-likeness (QED) is 0.766.